The summed E-state index contributed by atoms with van der Waals surface area (Å²) in [5.74, 6) is 0.387. The maximum Gasteiger partial charge on any atom is 0.417 e. The number of carbonyl (C=O) groups excluding carboxylic acids is 2. The van der Waals surface area contributed by atoms with Crippen LogP contribution in [0, 0.1) is 5.92 Å². The third-order valence-corrected chi connectivity index (χ3v) is 6.56. The molecule has 6 nitrogen and oxygen atoms in total. The Bertz CT molecular complexity index is 1000. The quantitative estimate of drug-likeness (QED) is 0.616. The van der Waals surface area contributed by atoms with Crippen LogP contribution >= 0.6 is 11.6 Å². The van der Waals surface area contributed by atoms with Crippen LogP contribution in [0.4, 0.5) is 24.7 Å². The van der Waals surface area contributed by atoms with Crippen molar-refractivity contribution in [3.8, 4) is 0 Å². The Morgan fingerprint density at radius 1 is 1.00 bits per heavy atom. The predicted octanol–water partition coefficient (Wildman–Crippen LogP) is 4.13. The molecule has 0 spiro atoms. The molecule has 2 aliphatic heterocycles. The average molecular weight is 481 g/mol. The Morgan fingerprint density at radius 3 is 2.18 bits per heavy atom. The largest absolute Gasteiger partial charge is 0.417 e. The van der Waals surface area contributed by atoms with Crippen LogP contribution in [0.2, 0.25) is 5.02 Å². The van der Waals surface area contributed by atoms with Crippen LogP contribution in [0.25, 0.3) is 0 Å². The minimum Gasteiger partial charge on any atom is -0.371 e. The van der Waals surface area contributed by atoms with Gasteiger partial charge in [0.1, 0.15) is 12.1 Å². The van der Waals surface area contributed by atoms with E-state index in [1.807, 2.05) is 21.9 Å². The van der Waals surface area contributed by atoms with E-state index >= 15 is 0 Å². The molecule has 0 unspecified atom stereocenters. The van der Waals surface area contributed by atoms with Gasteiger partial charge in [0.05, 0.1) is 10.6 Å². The highest BCUT2D eigenvalue weighted by Crippen LogP contribution is 2.34. The minimum atomic E-state index is -4.49. The van der Waals surface area contributed by atoms with Crippen molar-refractivity contribution in [3.05, 3.63) is 52.7 Å². The first-order chi connectivity index (χ1) is 15.8. The molecule has 0 N–H and O–H groups in total. The fourth-order valence-electron chi connectivity index (χ4n) is 4.36. The van der Waals surface area contributed by atoms with Crippen molar-refractivity contribution in [3.63, 3.8) is 0 Å². The summed E-state index contributed by atoms with van der Waals surface area (Å²) < 4.78 is 38.5. The summed E-state index contributed by atoms with van der Waals surface area (Å²) in [6.07, 6.45) is -1.38. The normalized spacial score (nSPS) is 17.9. The van der Waals surface area contributed by atoms with Crippen molar-refractivity contribution in [1.29, 1.82) is 0 Å². The van der Waals surface area contributed by atoms with Gasteiger partial charge in [0.15, 0.2) is 0 Å². The van der Waals surface area contributed by atoms with E-state index < -0.39 is 11.7 Å². The second-order valence-electron chi connectivity index (χ2n) is 8.31. The molecule has 2 aliphatic rings. The maximum atomic E-state index is 13.0. The number of aldehydes is 1. The fraction of sp³-hybridized carbons (Fsp3) is 0.435. The molecule has 2 aromatic rings. The van der Waals surface area contributed by atoms with Gasteiger partial charge in [-0.2, -0.15) is 13.2 Å². The molecule has 4 rings (SSSR count). The van der Waals surface area contributed by atoms with Crippen molar-refractivity contribution in [2.45, 2.75) is 19.0 Å². The van der Waals surface area contributed by atoms with E-state index in [0.717, 1.165) is 50.2 Å². The van der Waals surface area contributed by atoms with Crippen LogP contribution in [0.3, 0.4) is 0 Å². The van der Waals surface area contributed by atoms with Crippen LogP contribution < -0.4 is 9.80 Å². The predicted molar refractivity (Wildman–Crippen MR) is 120 cm³/mol. The van der Waals surface area contributed by atoms with E-state index in [0.29, 0.717) is 37.6 Å². The number of amides is 1. The average Bonchev–Trinajstić information content (AvgIpc) is 2.83. The fourth-order valence-corrected chi connectivity index (χ4v) is 4.65. The number of rotatable bonds is 4. The molecule has 0 aliphatic carbocycles. The standard InChI is InChI=1S/C23H24ClF3N4O2/c24-20-13-18(23(25,26)27)14-28-21(20)30-9-11-31(12-10-30)22(33)17-5-7-29(8-6-17)19-3-1-16(15-32)2-4-19/h1-4,13-15,17H,5-12H2. The van der Waals surface area contributed by atoms with Crippen molar-refractivity contribution in [2.24, 2.45) is 5.92 Å². The van der Waals surface area contributed by atoms with Gasteiger partial charge in [-0.25, -0.2) is 4.98 Å². The van der Waals surface area contributed by atoms with Crippen LogP contribution in [0.5, 0.6) is 0 Å². The molecule has 0 saturated carbocycles. The SMILES string of the molecule is O=Cc1ccc(N2CCC(C(=O)N3CCN(c4ncc(C(F)(F)F)cc4Cl)CC3)CC2)cc1. The first-order valence-electron chi connectivity index (χ1n) is 10.8. The molecule has 0 bridgehead atoms. The van der Waals surface area contributed by atoms with E-state index in [-0.39, 0.29) is 16.8 Å². The lowest BCUT2D eigenvalue weighted by Crippen LogP contribution is -2.52. The number of alkyl halides is 3. The van der Waals surface area contributed by atoms with Gasteiger partial charge in [-0.15, -0.1) is 0 Å². The molecule has 1 aromatic heterocycles. The molecule has 3 heterocycles. The second kappa shape index (κ2) is 9.59. The third-order valence-electron chi connectivity index (χ3n) is 6.28. The molecular formula is C23H24ClF3N4O2. The molecule has 0 radical (unpaired) electrons. The van der Waals surface area contributed by atoms with Gasteiger partial charge in [0.25, 0.3) is 0 Å². The number of piperazine rings is 1. The van der Waals surface area contributed by atoms with Gasteiger partial charge in [-0.05, 0) is 43.2 Å². The topological polar surface area (TPSA) is 56.8 Å². The zero-order chi connectivity index (χ0) is 23.6. The Labute approximate surface area is 194 Å². The molecule has 176 valence electrons. The highest BCUT2D eigenvalue weighted by molar-refractivity contribution is 6.33. The highest BCUT2D eigenvalue weighted by atomic mass is 35.5. The number of pyridine rings is 1. The second-order valence-corrected chi connectivity index (χ2v) is 8.72. The molecule has 1 aromatic carbocycles. The van der Waals surface area contributed by atoms with Crippen molar-refractivity contribution < 1.29 is 22.8 Å². The first kappa shape index (κ1) is 23.4. The summed E-state index contributed by atoms with van der Waals surface area (Å²) in [5, 5.41) is -0.0434. The summed E-state index contributed by atoms with van der Waals surface area (Å²) in [5.41, 5.74) is 0.799. The zero-order valence-electron chi connectivity index (χ0n) is 17.9. The van der Waals surface area contributed by atoms with Crippen LogP contribution in [0.1, 0.15) is 28.8 Å². The van der Waals surface area contributed by atoms with Crippen molar-refractivity contribution >= 4 is 35.3 Å². The lowest BCUT2D eigenvalue weighted by atomic mass is 9.94. The summed E-state index contributed by atoms with van der Waals surface area (Å²) in [6, 6.07) is 8.31. The molecule has 33 heavy (non-hydrogen) atoms. The summed E-state index contributed by atoms with van der Waals surface area (Å²) in [4.78, 5) is 33.6. The van der Waals surface area contributed by atoms with Crippen molar-refractivity contribution in [1.82, 2.24) is 9.88 Å². The number of hydrogen-bond acceptors (Lipinski definition) is 5. The van der Waals surface area contributed by atoms with Crippen molar-refractivity contribution in [2.75, 3.05) is 49.1 Å². The summed E-state index contributed by atoms with van der Waals surface area (Å²) in [6.45, 7) is 3.41. The molecule has 1 amide bonds. The van der Waals surface area contributed by atoms with E-state index in [4.69, 9.17) is 11.6 Å². The smallest absolute Gasteiger partial charge is 0.371 e. The van der Waals surface area contributed by atoms with Crippen LogP contribution in [0.15, 0.2) is 36.5 Å². The van der Waals surface area contributed by atoms with Gasteiger partial charge >= 0.3 is 6.18 Å². The number of anilines is 2. The third kappa shape index (κ3) is 5.24. The van der Waals surface area contributed by atoms with Gasteiger partial charge in [0, 0.05) is 62.6 Å². The Kier molecular flexibility index (Phi) is 6.78. The Hall–Kier alpha value is -2.81. The van der Waals surface area contributed by atoms with E-state index in [9.17, 15) is 22.8 Å². The van der Waals surface area contributed by atoms with Crippen LogP contribution in [-0.4, -0.2) is 61.3 Å². The van der Waals surface area contributed by atoms with Gasteiger partial charge in [-0.3, -0.25) is 9.59 Å². The summed E-state index contributed by atoms with van der Waals surface area (Å²) >= 11 is 6.06. The van der Waals surface area contributed by atoms with Gasteiger partial charge in [0.2, 0.25) is 5.91 Å². The van der Waals surface area contributed by atoms with Gasteiger partial charge in [-0.1, -0.05) is 11.6 Å². The molecule has 2 fully saturated rings. The lowest BCUT2D eigenvalue weighted by Gasteiger charge is -2.39. The number of aromatic nitrogens is 1. The summed E-state index contributed by atoms with van der Waals surface area (Å²) in [7, 11) is 0. The molecule has 10 heteroatoms. The molecular weight excluding hydrogens is 457 g/mol. The number of piperidine rings is 1. The van der Waals surface area contributed by atoms with E-state index in [1.54, 1.807) is 12.1 Å². The van der Waals surface area contributed by atoms with E-state index in [1.165, 1.54) is 0 Å². The van der Waals surface area contributed by atoms with E-state index in [2.05, 4.69) is 9.88 Å². The van der Waals surface area contributed by atoms with Crippen LogP contribution in [-0.2, 0) is 11.0 Å². The Balaban J connectivity index is 1.29. The first-order valence-corrected chi connectivity index (χ1v) is 11.2. The Morgan fingerprint density at radius 2 is 1.64 bits per heavy atom. The number of carbonyl (C=O) groups is 2. The number of nitrogens with zero attached hydrogens (tertiary/aromatic N) is 4. The number of halogens is 4. The highest BCUT2D eigenvalue weighted by Gasteiger charge is 2.33. The number of benzene rings is 1. The minimum absolute atomic E-state index is 0.0434. The monoisotopic (exact) mass is 480 g/mol. The molecule has 0 atom stereocenters. The zero-order valence-corrected chi connectivity index (χ0v) is 18.6. The number of hydrogen-bond donors (Lipinski definition) is 0. The maximum absolute atomic E-state index is 13.0. The van der Waals surface area contributed by atoms with Gasteiger partial charge < -0.3 is 14.7 Å². The lowest BCUT2D eigenvalue weighted by molar-refractivity contribution is -0.138. The molecule has 2 saturated heterocycles.